The van der Waals surface area contributed by atoms with Gasteiger partial charge in [-0.1, -0.05) is 22.0 Å². The molecule has 0 aliphatic heterocycles. The molecule has 0 aliphatic rings. The fourth-order valence-corrected chi connectivity index (χ4v) is 1.90. The van der Waals surface area contributed by atoms with Crippen LogP contribution in [0.25, 0.3) is 0 Å². The molecule has 0 unspecified atom stereocenters. The molecule has 4 nitrogen and oxygen atoms in total. The first kappa shape index (κ1) is 12.3. The van der Waals surface area contributed by atoms with Gasteiger partial charge >= 0.3 is 6.01 Å². The van der Waals surface area contributed by atoms with Gasteiger partial charge in [-0.2, -0.15) is 4.98 Å². The van der Waals surface area contributed by atoms with Crippen LogP contribution in [0.15, 0.2) is 39.4 Å². The quantitative estimate of drug-likeness (QED) is 0.835. The van der Waals surface area contributed by atoms with E-state index in [4.69, 9.17) is 9.47 Å². The third-order valence-electron chi connectivity index (χ3n) is 1.89. The molecule has 0 fully saturated rings. The molecule has 0 saturated heterocycles. The van der Waals surface area contributed by atoms with Crippen LogP contribution in [0, 0.1) is 0 Å². The van der Waals surface area contributed by atoms with Gasteiger partial charge in [-0.05, 0) is 34.1 Å². The number of halogens is 2. The van der Waals surface area contributed by atoms with Crippen LogP contribution in [0.3, 0.4) is 0 Å². The maximum absolute atomic E-state index is 5.50. The molecule has 2 aromatic rings. The summed E-state index contributed by atoms with van der Waals surface area (Å²) in [4.78, 5) is 8.13. The molecule has 0 N–H and O–H groups in total. The van der Waals surface area contributed by atoms with E-state index in [1.54, 1.807) is 6.20 Å². The average molecular weight is 360 g/mol. The van der Waals surface area contributed by atoms with Crippen LogP contribution in [-0.4, -0.2) is 17.1 Å². The summed E-state index contributed by atoms with van der Waals surface area (Å²) in [6.45, 7) is 0. The second-order valence-corrected chi connectivity index (χ2v) is 4.84. The molecule has 0 amide bonds. The Hall–Kier alpha value is -1.14. The summed E-state index contributed by atoms with van der Waals surface area (Å²) in [5, 5.41) is 0. The zero-order chi connectivity index (χ0) is 12.3. The first-order valence-electron chi connectivity index (χ1n) is 4.69. The third kappa shape index (κ3) is 3.17. The molecule has 88 valence electrons. The first-order valence-corrected chi connectivity index (χ1v) is 6.27. The van der Waals surface area contributed by atoms with Gasteiger partial charge in [-0.25, -0.2) is 4.98 Å². The summed E-state index contributed by atoms with van der Waals surface area (Å²) >= 11 is 6.64. The number of hydrogen-bond acceptors (Lipinski definition) is 4. The molecule has 0 saturated carbocycles. The Labute approximate surface area is 115 Å². The molecule has 1 heterocycles. The Balaban J connectivity index is 2.24. The van der Waals surface area contributed by atoms with Crippen LogP contribution < -0.4 is 9.47 Å². The molecular formula is C11H8Br2N2O2. The Bertz CT molecular complexity index is 535. The maximum Gasteiger partial charge on any atom is 0.325 e. The van der Waals surface area contributed by atoms with E-state index < -0.39 is 0 Å². The lowest BCUT2D eigenvalue weighted by atomic mass is 10.3. The second-order valence-electron chi connectivity index (χ2n) is 3.07. The van der Waals surface area contributed by atoms with Gasteiger partial charge in [0.15, 0.2) is 0 Å². The van der Waals surface area contributed by atoms with E-state index in [1.165, 1.54) is 7.11 Å². The van der Waals surface area contributed by atoms with Crippen molar-refractivity contribution in [3.05, 3.63) is 39.4 Å². The summed E-state index contributed by atoms with van der Waals surface area (Å²) < 4.78 is 12.2. The molecule has 0 radical (unpaired) electrons. The fourth-order valence-electron chi connectivity index (χ4n) is 1.16. The van der Waals surface area contributed by atoms with Gasteiger partial charge in [0.1, 0.15) is 5.75 Å². The molecule has 1 aromatic heterocycles. The van der Waals surface area contributed by atoms with Gasteiger partial charge < -0.3 is 9.47 Å². The fraction of sp³-hybridized carbons (Fsp3) is 0.0909. The molecule has 17 heavy (non-hydrogen) atoms. The number of hydrogen-bond donors (Lipinski definition) is 0. The Morgan fingerprint density at radius 3 is 2.76 bits per heavy atom. The maximum atomic E-state index is 5.50. The molecular weight excluding hydrogens is 352 g/mol. The van der Waals surface area contributed by atoms with Gasteiger partial charge in [-0.15, -0.1) is 0 Å². The van der Waals surface area contributed by atoms with Crippen molar-refractivity contribution in [2.75, 3.05) is 7.11 Å². The highest BCUT2D eigenvalue weighted by molar-refractivity contribution is 9.10. The number of aromatic nitrogens is 2. The Kier molecular flexibility index (Phi) is 3.96. The van der Waals surface area contributed by atoms with Crippen LogP contribution in [0.2, 0.25) is 0 Å². The summed E-state index contributed by atoms with van der Waals surface area (Å²) in [7, 11) is 1.54. The Morgan fingerprint density at radius 2 is 2.06 bits per heavy atom. The molecule has 1 aromatic carbocycles. The number of nitrogens with zero attached hydrogens (tertiary/aromatic N) is 2. The van der Waals surface area contributed by atoms with Crippen molar-refractivity contribution in [2.45, 2.75) is 0 Å². The van der Waals surface area contributed by atoms with Crippen molar-refractivity contribution in [2.24, 2.45) is 0 Å². The van der Waals surface area contributed by atoms with Crippen molar-refractivity contribution in [3.8, 4) is 17.6 Å². The zero-order valence-electron chi connectivity index (χ0n) is 8.85. The molecule has 0 spiro atoms. The first-order chi connectivity index (χ1) is 8.19. The minimum absolute atomic E-state index is 0.239. The summed E-state index contributed by atoms with van der Waals surface area (Å²) in [5.74, 6) is 1.09. The molecule has 6 heteroatoms. The van der Waals surface area contributed by atoms with Crippen molar-refractivity contribution >= 4 is 31.9 Å². The van der Waals surface area contributed by atoms with Crippen LogP contribution in [-0.2, 0) is 0 Å². The van der Waals surface area contributed by atoms with Crippen LogP contribution in [0.4, 0.5) is 0 Å². The molecule has 2 rings (SSSR count). The lowest BCUT2D eigenvalue weighted by Crippen LogP contribution is -1.95. The van der Waals surface area contributed by atoms with E-state index in [9.17, 15) is 0 Å². The normalized spacial score (nSPS) is 10.1. The molecule has 0 bridgehead atoms. The van der Waals surface area contributed by atoms with E-state index in [0.717, 1.165) is 4.47 Å². The minimum atomic E-state index is 0.239. The predicted octanol–water partition coefficient (Wildman–Crippen LogP) is 3.80. The number of benzene rings is 1. The van der Waals surface area contributed by atoms with Gasteiger partial charge in [0, 0.05) is 4.47 Å². The summed E-state index contributed by atoms with van der Waals surface area (Å²) in [5.41, 5.74) is 0. The lowest BCUT2D eigenvalue weighted by molar-refractivity contribution is 0.373. The van der Waals surface area contributed by atoms with E-state index >= 15 is 0 Å². The van der Waals surface area contributed by atoms with Crippen LogP contribution >= 0.6 is 31.9 Å². The smallest absolute Gasteiger partial charge is 0.325 e. The summed E-state index contributed by atoms with van der Waals surface area (Å²) in [6, 6.07) is 7.68. The monoisotopic (exact) mass is 358 g/mol. The lowest BCUT2D eigenvalue weighted by Gasteiger charge is -2.06. The minimum Gasteiger partial charge on any atom is -0.480 e. The van der Waals surface area contributed by atoms with Crippen molar-refractivity contribution in [1.82, 2.24) is 9.97 Å². The van der Waals surface area contributed by atoms with E-state index in [1.807, 2.05) is 24.3 Å². The van der Waals surface area contributed by atoms with Crippen LogP contribution in [0.1, 0.15) is 0 Å². The van der Waals surface area contributed by atoms with E-state index in [-0.39, 0.29) is 6.01 Å². The van der Waals surface area contributed by atoms with Crippen molar-refractivity contribution < 1.29 is 9.47 Å². The highest BCUT2D eigenvalue weighted by atomic mass is 79.9. The van der Waals surface area contributed by atoms with E-state index in [0.29, 0.717) is 16.1 Å². The molecule has 0 aliphatic carbocycles. The largest absolute Gasteiger partial charge is 0.480 e. The highest BCUT2D eigenvalue weighted by Gasteiger charge is 2.07. The zero-order valence-corrected chi connectivity index (χ0v) is 12.0. The highest BCUT2D eigenvalue weighted by Crippen LogP contribution is 2.26. The number of methoxy groups -OCH3 is 1. The van der Waals surface area contributed by atoms with Gasteiger partial charge in [-0.3, -0.25) is 0 Å². The third-order valence-corrected chi connectivity index (χ3v) is 2.93. The predicted molar refractivity (Wildman–Crippen MR) is 70.5 cm³/mol. The van der Waals surface area contributed by atoms with Crippen LogP contribution in [0.5, 0.6) is 17.6 Å². The topological polar surface area (TPSA) is 44.2 Å². The number of ether oxygens (including phenoxy) is 2. The van der Waals surface area contributed by atoms with E-state index in [2.05, 4.69) is 41.8 Å². The SMILES string of the molecule is COc1nc(Oc2cccc(Br)c2)ncc1Br. The van der Waals surface area contributed by atoms with Gasteiger partial charge in [0.2, 0.25) is 5.88 Å². The average Bonchev–Trinajstić information content (AvgIpc) is 2.32. The van der Waals surface area contributed by atoms with Crippen molar-refractivity contribution in [3.63, 3.8) is 0 Å². The van der Waals surface area contributed by atoms with Gasteiger partial charge in [0.05, 0.1) is 17.8 Å². The van der Waals surface area contributed by atoms with Crippen molar-refractivity contribution in [1.29, 1.82) is 0 Å². The molecule has 0 atom stereocenters. The number of rotatable bonds is 3. The van der Waals surface area contributed by atoms with Gasteiger partial charge in [0.25, 0.3) is 0 Å². The Morgan fingerprint density at radius 1 is 1.24 bits per heavy atom. The second kappa shape index (κ2) is 5.46. The standard InChI is InChI=1S/C11H8Br2N2O2/c1-16-10-9(13)6-14-11(15-10)17-8-4-2-3-7(12)5-8/h2-6H,1H3. The summed E-state index contributed by atoms with van der Waals surface area (Å²) in [6.07, 6.45) is 1.58.